The number of carbonyl (C=O) groups is 3. The summed E-state index contributed by atoms with van der Waals surface area (Å²) >= 11 is 16.5. The summed E-state index contributed by atoms with van der Waals surface area (Å²) in [6.07, 6.45) is 4.57. The lowest BCUT2D eigenvalue weighted by Crippen LogP contribution is -2.44. The predicted octanol–water partition coefficient (Wildman–Crippen LogP) is 6.39. The summed E-state index contributed by atoms with van der Waals surface area (Å²) in [6.45, 7) is 1.28. The van der Waals surface area contributed by atoms with Crippen molar-refractivity contribution in [2.45, 2.75) is 25.9 Å². The molecule has 3 amide bonds. The number of carbonyl (C=O) groups excluding carboxylic acids is 3. The maximum absolute atomic E-state index is 12.9. The molecular weight excluding hydrogens is 591 g/mol. The molecule has 2 aliphatic rings. The Labute approximate surface area is 231 Å². The molecule has 2 aliphatic heterocycles. The van der Waals surface area contributed by atoms with Gasteiger partial charge >= 0.3 is 0 Å². The molecule has 190 valence electrons. The largest absolute Gasteiger partial charge is 0.493 e. The monoisotopic (exact) mass is 612 g/mol. The van der Waals surface area contributed by atoms with Crippen molar-refractivity contribution in [2.24, 2.45) is 0 Å². The van der Waals surface area contributed by atoms with Crippen LogP contribution in [0.2, 0.25) is 10.0 Å². The third kappa shape index (κ3) is 6.19. The van der Waals surface area contributed by atoms with Gasteiger partial charge in [0.15, 0.2) is 11.5 Å². The van der Waals surface area contributed by atoms with Crippen molar-refractivity contribution in [1.82, 2.24) is 9.80 Å². The number of likely N-dealkylation sites (tertiary alicyclic amines) is 1. The van der Waals surface area contributed by atoms with Gasteiger partial charge in [-0.05, 0) is 66.9 Å². The van der Waals surface area contributed by atoms with Crippen LogP contribution >= 0.6 is 50.9 Å². The van der Waals surface area contributed by atoms with Gasteiger partial charge in [-0.2, -0.15) is 0 Å². The lowest BCUT2D eigenvalue weighted by molar-refractivity contribution is -0.136. The minimum absolute atomic E-state index is 0.197. The number of hydrogen-bond donors (Lipinski definition) is 0. The van der Waals surface area contributed by atoms with E-state index < -0.39 is 11.1 Å². The van der Waals surface area contributed by atoms with Crippen molar-refractivity contribution < 1.29 is 23.9 Å². The van der Waals surface area contributed by atoms with E-state index in [1.54, 1.807) is 41.3 Å². The van der Waals surface area contributed by atoms with Gasteiger partial charge in [0.1, 0.15) is 13.2 Å². The zero-order chi connectivity index (χ0) is 25.8. The Kier molecular flexibility index (Phi) is 8.87. The number of ether oxygens (including phenoxy) is 2. The van der Waals surface area contributed by atoms with Gasteiger partial charge in [0.2, 0.25) is 5.91 Å². The number of rotatable bonds is 7. The van der Waals surface area contributed by atoms with Gasteiger partial charge in [-0.15, -0.1) is 0 Å². The van der Waals surface area contributed by atoms with Gasteiger partial charge < -0.3 is 14.4 Å². The molecule has 0 aliphatic carbocycles. The second kappa shape index (κ2) is 11.9. The first kappa shape index (κ1) is 26.9. The third-order valence-corrected chi connectivity index (χ3v) is 8.02. The van der Waals surface area contributed by atoms with E-state index in [9.17, 15) is 14.4 Å². The minimum atomic E-state index is -0.487. The average Bonchev–Trinajstić information content (AvgIpc) is 3.12. The molecule has 2 aromatic rings. The summed E-state index contributed by atoms with van der Waals surface area (Å²) in [7, 11) is 1.51. The summed E-state index contributed by atoms with van der Waals surface area (Å²) in [4.78, 5) is 41.0. The molecule has 2 saturated heterocycles. The Bertz CT molecular complexity index is 1230. The fraction of sp³-hybridized carbons (Fsp3) is 0.320. The molecule has 4 rings (SSSR count). The van der Waals surface area contributed by atoms with Crippen LogP contribution in [0.1, 0.15) is 30.4 Å². The van der Waals surface area contributed by atoms with Crippen LogP contribution < -0.4 is 9.47 Å². The van der Waals surface area contributed by atoms with Gasteiger partial charge in [-0.3, -0.25) is 19.3 Å². The number of methoxy groups -OCH3 is 1. The molecule has 2 aromatic carbocycles. The van der Waals surface area contributed by atoms with Crippen molar-refractivity contribution in [3.05, 3.63) is 60.9 Å². The first-order valence-corrected chi connectivity index (χ1v) is 13.6. The molecule has 0 atom stereocenters. The maximum atomic E-state index is 12.9. The van der Waals surface area contributed by atoms with E-state index in [2.05, 4.69) is 15.9 Å². The highest BCUT2D eigenvalue weighted by atomic mass is 79.9. The van der Waals surface area contributed by atoms with E-state index in [0.717, 1.165) is 41.5 Å². The highest BCUT2D eigenvalue weighted by Gasteiger charge is 2.37. The lowest BCUT2D eigenvalue weighted by atomic mass is 10.1. The van der Waals surface area contributed by atoms with Crippen molar-refractivity contribution in [2.75, 3.05) is 26.7 Å². The number of benzene rings is 2. The molecule has 2 heterocycles. The molecule has 2 fully saturated rings. The van der Waals surface area contributed by atoms with Crippen LogP contribution in [-0.4, -0.2) is 53.6 Å². The lowest BCUT2D eigenvalue weighted by Gasteiger charge is -2.27. The molecule has 7 nitrogen and oxygen atoms in total. The molecule has 0 bridgehead atoms. The predicted molar refractivity (Wildman–Crippen MR) is 145 cm³/mol. The summed E-state index contributed by atoms with van der Waals surface area (Å²) in [5.41, 5.74) is 1.38. The number of nitrogens with zero attached hydrogens (tertiary/aromatic N) is 2. The number of piperidine rings is 1. The molecule has 0 saturated carbocycles. The molecule has 0 radical (unpaired) electrons. The van der Waals surface area contributed by atoms with Crippen LogP contribution in [0.5, 0.6) is 11.5 Å². The SMILES string of the molecule is COc1cc(/C=C2\SC(=O)N(CC(=O)N3CCCCC3)C2=O)c(Br)cc1OCc1ccc(Cl)cc1Cl. The van der Waals surface area contributed by atoms with Crippen LogP contribution in [0.15, 0.2) is 39.7 Å². The Morgan fingerprint density at radius 3 is 2.56 bits per heavy atom. The number of halogens is 3. The van der Waals surface area contributed by atoms with Gasteiger partial charge in [-0.1, -0.05) is 45.2 Å². The van der Waals surface area contributed by atoms with Crippen LogP contribution in [-0.2, 0) is 16.2 Å². The van der Waals surface area contributed by atoms with E-state index >= 15 is 0 Å². The van der Waals surface area contributed by atoms with Crippen LogP contribution in [0.25, 0.3) is 6.08 Å². The van der Waals surface area contributed by atoms with E-state index in [-0.39, 0.29) is 24.0 Å². The Balaban J connectivity index is 1.49. The summed E-state index contributed by atoms with van der Waals surface area (Å²) < 4.78 is 12.0. The Morgan fingerprint density at radius 2 is 1.86 bits per heavy atom. The molecule has 11 heteroatoms. The summed E-state index contributed by atoms with van der Waals surface area (Å²) in [5, 5.41) is 0.569. The second-order valence-electron chi connectivity index (χ2n) is 8.26. The molecule has 0 aromatic heterocycles. The molecule has 0 spiro atoms. The van der Waals surface area contributed by atoms with Gasteiger partial charge in [0.25, 0.3) is 11.1 Å². The average molecular weight is 614 g/mol. The summed E-state index contributed by atoms with van der Waals surface area (Å²) in [5.74, 6) is 0.212. The standard InChI is InChI=1S/C25H23BrCl2N2O5S/c1-34-20-9-16(18(26)12-21(20)35-14-15-5-6-17(27)11-19(15)28)10-22-24(32)30(25(33)36-22)13-23(31)29-7-3-2-4-8-29/h5-6,9-12H,2-4,7-8,13-14H2,1H3/b22-10-. The molecule has 36 heavy (non-hydrogen) atoms. The maximum Gasteiger partial charge on any atom is 0.294 e. The zero-order valence-corrected chi connectivity index (χ0v) is 23.3. The Morgan fingerprint density at radius 1 is 1.11 bits per heavy atom. The second-order valence-corrected chi connectivity index (χ2v) is 10.9. The van der Waals surface area contributed by atoms with E-state index in [4.69, 9.17) is 32.7 Å². The zero-order valence-electron chi connectivity index (χ0n) is 19.4. The fourth-order valence-corrected chi connectivity index (χ4v) is 5.61. The quantitative estimate of drug-likeness (QED) is 0.337. The first-order chi connectivity index (χ1) is 17.3. The number of amides is 3. The topological polar surface area (TPSA) is 76.2 Å². The van der Waals surface area contributed by atoms with Crippen molar-refractivity contribution in [1.29, 1.82) is 0 Å². The fourth-order valence-electron chi connectivity index (χ4n) is 3.88. The van der Waals surface area contributed by atoms with Crippen molar-refractivity contribution in [3.8, 4) is 11.5 Å². The molecule has 0 unspecified atom stereocenters. The van der Waals surface area contributed by atoms with Crippen LogP contribution in [0, 0.1) is 0 Å². The van der Waals surface area contributed by atoms with E-state index in [1.165, 1.54) is 7.11 Å². The first-order valence-electron chi connectivity index (χ1n) is 11.2. The number of imide groups is 1. The Hall–Kier alpha value is -2.20. The number of hydrogen-bond acceptors (Lipinski definition) is 6. The normalized spacial score (nSPS) is 17.2. The van der Waals surface area contributed by atoms with Crippen LogP contribution in [0.4, 0.5) is 4.79 Å². The summed E-state index contributed by atoms with van der Waals surface area (Å²) in [6, 6.07) is 8.59. The van der Waals surface area contributed by atoms with Gasteiger partial charge in [0.05, 0.1) is 12.0 Å². The highest BCUT2D eigenvalue weighted by Crippen LogP contribution is 2.38. The molecule has 0 N–H and O–H groups in total. The van der Waals surface area contributed by atoms with Crippen molar-refractivity contribution >= 4 is 74.0 Å². The van der Waals surface area contributed by atoms with Gasteiger partial charge in [0, 0.05) is 33.2 Å². The number of thioether (sulfide) groups is 1. The van der Waals surface area contributed by atoms with E-state index in [0.29, 0.717) is 44.7 Å². The smallest absolute Gasteiger partial charge is 0.294 e. The molecular formula is C25H23BrCl2N2O5S. The van der Waals surface area contributed by atoms with Crippen molar-refractivity contribution in [3.63, 3.8) is 0 Å². The highest BCUT2D eigenvalue weighted by molar-refractivity contribution is 9.10. The van der Waals surface area contributed by atoms with Gasteiger partial charge in [-0.25, -0.2) is 0 Å². The minimum Gasteiger partial charge on any atom is -0.493 e. The van der Waals surface area contributed by atoms with E-state index in [1.807, 2.05) is 0 Å². The third-order valence-electron chi connectivity index (χ3n) is 5.84. The van der Waals surface area contributed by atoms with Crippen LogP contribution in [0.3, 0.4) is 0 Å².